The van der Waals surface area contributed by atoms with Gasteiger partial charge in [-0.2, -0.15) is 0 Å². The lowest BCUT2D eigenvalue weighted by Crippen LogP contribution is -2.15. The maximum atomic E-state index is 3.31. The van der Waals surface area contributed by atoms with Crippen LogP contribution in [0.2, 0.25) is 0 Å². The van der Waals surface area contributed by atoms with Crippen LogP contribution in [0.15, 0.2) is 48.5 Å². The second-order valence-corrected chi connectivity index (χ2v) is 10.2. The van der Waals surface area contributed by atoms with E-state index in [-0.39, 0.29) is 0 Å². The molecule has 1 aliphatic carbocycles. The van der Waals surface area contributed by atoms with E-state index in [9.17, 15) is 0 Å². The minimum atomic E-state index is 0.936. The van der Waals surface area contributed by atoms with Crippen LogP contribution in [0.25, 0.3) is 0 Å². The van der Waals surface area contributed by atoms with Crippen LogP contribution < -0.4 is 0 Å². The van der Waals surface area contributed by atoms with Gasteiger partial charge in [0.2, 0.25) is 0 Å². The highest BCUT2D eigenvalue weighted by Gasteiger charge is 2.20. The van der Waals surface area contributed by atoms with E-state index < -0.39 is 0 Å². The largest absolute Gasteiger partial charge is 0.0979 e. The van der Waals surface area contributed by atoms with E-state index in [4.69, 9.17) is 0 Å². The van der Waals surface area contributed by atoms with Gasteiger partial charge in [0, 0.05) is 23.1 Å². The third-order valence-corrected chi connectivity index (χ3v) is 7.32. The number of hydrogen-bond donors (Lipinski definition) is 0. The van der Waals surface area contributed by atoms with Crippen molar-refractivity contribution in [2.24, 2.45) is 11.8 Å². The van der Waals surface area contributed by atoms with Gasteiger partial charge in [0.25, 0.3) is 0 Å². The lowest BCUT2D eigenvalue weighted by molar-refractivity contribution is 0.248. The first-order chi connectivity index (χ1) is 16.8. The van der Waals surface area contributed by atoms with Gasteiger partial charge < -0.3 is 0 Å². The summed E-state index contributed by atoms with van der Waals surface area (Å²) in [5, 5.41) is 0. The standard InChI is InChI=1S/C34H44/c1-3-5-7-8-10-12-30-15-19-32(20-16-30)22-24-34-27-25-33(26-28-34)23-21-31-17-13-29(14-18-31)11-9-6-4-2/h13-14,17-18,25-28,30,32H,3-8,10,12,15-16,19-20,22,24H2,1-2H3/t30-,32-. The van der Waals surface area contributed by atoms with Gasteiger partial charge in [-0.15, -0.1) is 0 Å². The zero-order valence-electron chi connectivity index (χ0n) is 21.7. The Hall–Kier alpha value is -2.44. The van der Waals surface area contributed by atoms with Gasteiger partial charge >= 0.3 is 0 Å². The van der Waals surface area contributed by atoms with Crippen molar-refractivity contribution in [3.63, 3.8) is 0 Å². The maximum absolute atomic E-state index is 3.31. The van der Waals surface area contributed by atoms with E-state index in [1.54, 1.807) is 0 Å². The summed E-state index contributed by atoms with van der Waals surface area (Å²) in [5.41, 5.74) is 4.66. The van der Waals surface area contributed by atoms with E-state index in [1.165, 1.54) is 82.6 Å². The van der Waals surface area contributed by atoms with Crippen molar-refractivity contribution in [3.8, 4) is 23.7 Å². The lowest BCUT2D eigenvalue weighted by atomic mass is 9.77. The quantitative estimate of drug-likeness (QED) is 0.249. The van der Waals surface area contributed by atoms with E-state index in [2.05, 4.69) is 86.1 Å². The molecule has 0 atom stereocenters. The van der Waals surface area contributed by atoms with Crippen LogP contribution in [0.5, 0.6) is 0 Å². The summed E-state index contributed by atoms with van der Waals surface area (Å²) >= 11 is 0. The molecule has 0 nitrogen and oxygen atoms in total. The van der Waals surface area contributed by atoms with Crippen molar-refractivity contribution >= 4 is 0 Å². The van der Waals surface area contributed by atoms with Crippen molar-refractivity contribution in [3.05, 3.63) is 70.8 Å². The molecule has 0 heterocycles. The first-order valence-corrected chi connectivity index (χ1v) is 14.0. The van der Waals surface area contributed by atoms with Gasteiger partial charge in [-0.25, -0.2) is 0 Å². The highest BCUT2D eigenvalue weighted by molar-refractivity contribution is 5.46. The zero-order valence-corrected chi connectivity index (χ0v) is 21.7. The molecule has 1 saturated carbocycles. The Balaban J connectivity index is 1.37. The lowest BCUT2D eigenvalue weighted by Gasteiger charge is -2.28. The van der Waals surface area contributed by atoms with Crippen LogP contribution in [0.1, 0.15) is 120 Å². The minimum Gasteiger partial charge on any atom is -0.0979 e. The fraction of sp³-hybridized carbons (Fsp3) is 0.529. The predicted octanol–water partition coefficient (Wildman–Crippen LogP) is 9.34. The molecular weight excluding hydrogens is 408 g/mol. The average molecular weight is 453 g/mol. The van der Waals surface area contributed by atoms with Crippen molar-refractivity contribution in [2.45, 2.75) is 104 Å². The normalized spacial score (nSPS) is 17.4. The van der Waals surface area contributed by atoms with Crippen molar-refractivity contribution in [2.75, 3.05) is 0 Å². The fourth-order valence-corrected chi connectivity index (χ4v) is 5.04. The summed E-state index contributed by atoms with van der Waals surface area (Å²) in [5.74, 6) is 15.0. The fourth-order valence-electron chi connectivity index (χ4n) is 5.04. The molecule has 34 heavy (non-hydrogen) atoms. The third kappa shape index (κ3) is 9.82. The molecule has 0 saturated heterocycles. The topological polar surface area (TPSA) is 0 Å². The molecule has 0 unspecified atom stereocenters. The molecule has 3 rings (SSSR count). The van der Waals surface area contributed by atoms with Gasteiger partial charge in [-0.1, -0.05) is 114 Å². The molecule has 1 fully saturated rings. The molecule has 1 aliphatic rings. The van der Waals surface area contributed by atoms with Gasteiger partial charge in [0.1, 0.15) is 0 Å². The number of hydrogen-bond acceptors (Lipinski definition) is 0. The molecular formula is C34H44. The van der Waals surface area contributed by atoms with Crippen LogP contribution in [-0.2, 0) is 6.42 Å². The van der Waals surface area contributed by atoms with Crippen molar-refractivity contribution in [1.82, 2.24) is 0 Å². The number of unbranched alkanes of at least 4 members (excludes halogenated alkanes) is 5. The van der Waals surface area contributed by atoms with Crippen LogP contribution >= 0.6 is 0 Å². The minimum absolute atomic E-state index is 0.936. The Morgan fingerprint density at radius 3 is 1.71 bits per heavy atom. The first kappa shape index (κ1) is 26.2. The molecule has 2 aromatic carbocycles. The monoisotopic (exact) mass is 452 g/mol. The van der Waals surface area contributed by atoms with Gasteiger partial charge in [-0.3, -0.25) is 0 Å². The third-order valence-electron chi connectivity index (χ3n) is 7.32. The molecule has 0 radical (unpaired) electrons. The van der Waals surface area contributed by atoms with Crippen LogP contribution in [-0.4, -0.2) is 0 Å². The summed E-state index contributed by atoms with van der Waals surface area (Å²) in [7, 11) is 0. The van der Waals surface area contributed by atoms with Crippen molar-refractivity contribution < 1.29 is 0 Å². The molecule has 0 amide bonds. The molecule has 0 aliphatic heterocycles. The number of rotatable bonds is 10. The van der Waals surface area contributed by atoms with E-state index >= 15 is 0 Å². The number of aryl methyl sites for hydroxylation is 1. The van der Waals surface area contributed by atoms with Gasteiger partial charge in [-0.05, 0) is 73.1 Å². The summed E-state index contributed by atoms with van der Waals surface area (Å²) in [6.45, 7) is 4.46. The molecule has 2 aromatic rings. The van der Waals surface area contributed by atoms with Crippen molar-refractivity contribution in [1.29, 1.82) is 0 Å². The van der Waals surface area contributed by atoms with Gasteiger partial charge in [0.15, 0.2) is 0 Å². The number of benzene rings is 2. The Bertz CT molecular complexity index is 932. The van der Waals surface area contributed by atoms with Gasteiger partial charge in [0.05, 0.1) is 0 Å². The second-order valence-electron chi connectivity index (χ2n) is 10.2. The summed E-state index contributed by atoms with van der Waals surface area (Å²) < 4.78 is 0. The second kappa shape index (κ2) is 15.5. The molecule has 0 heteroatoms. The van der Waals surface area contributed by atoms with E-state index in [0.29, 0.717) is 0 Å². The Labute approximate surface area is 210 Å². The van der Waals surface area contributed by atoms with E-state index in [0.717, 1.165) is 41.4 Å². The molecule has 0 aromatic heterocycles. The Morgan fingerprint density at radius 1 is 0.588 bits per heavy atom. The summed E-state index contributed by atoms with van der Waals surface area (Å²) in [4.78, 5) is 0. The van der Waals surface area contributed by atoms with Crippen LogP contribution in [0.3, 0.4) is 0 Å². The average Bonchev–Trinajstić information content (AvgIpc) is 2.88. The molecule has 0 N–H and O–H groups in total. The highest BCUT2D eigenvalue weighted by atomic mass is 14.3. The SMILES string of the molecule is CCCC#Cc1ccc(C#Cc2ccc(CC[C@H]3CC[C@H](CCCCCCC)CC3)cc2)cc1. The first-order valence-electron chi connectivity index (χ1n) is 14.0. The summed E-state index contributed by atoms with van der Waals surface area (Å²) in [6, 6.07) is 17.2. The molecule has 0 spiro atoms. The smallest absolute Gasteiger partial charge is 0.0249 e. The zero-order chi connectivity index (χ0) is 23.8. The van der Waals surface area contributed by atoms with E-state index in [1.807, 2.05) is 0 Å². The molecule has 0 bridgehead atoms. The van der Waals surface area contributed by atoms with Crippen LogP contribution in [0, 0.1) is 35.5 Å². The summed E-state index contributed by atoms with van der Waals surface area (Å²) in [6.07, 6.45) is 19.1. The molecule has 180 valence electrons. The Morgan fingerprint density at radius 2 is 1.12 bits per heavy atom. The van der Waals surface area contributed by atoms with Crippen LogP contribution in [0.4, 0.5) is 0 Å². The predicted molar refractivity (Wildman–Crippen MR) is 148 cm³/mol. The maximum Gasteiger partial charge on any atom is 0.0249 e. The highest BCUT2D eigenvalue weighted by Crippen LogP contribution is 2.34. The Kier molecular flexibility index (Phi) is 11.9.